The quantitative estimate of drug-likeness (QED) is 0.876. The van der Waals surface area contributed by atoms with E-state index in [1.807, 2.05) is 29.4 Å². The summed E-state index contributed by atoms with van der Waals surface area (Å²) in [4.78, 5) is 26.9. The highest BCUT2D eigenvalue weighted by Gasteiger charge is 2.26. The van der Waals surface area contributed by atoms with Crippen LogP contribution in [-0.2, 0) is 4.79 Å². The molecule has 1 unspecified atom stereocenters. The maximum Gasteiger partial charge on any atom is 0.251 e. The molecule has 5 heteroatoms. The van der Waals surface area contributed by atoms with Crippen molar-refractivity contribution in [2.75, 3.05) is 25.1 Å². The van der Waals surface area contributed by atoms with Gasteiger partial charge in [-0.05, 0) is 49.8 Å². The molecule has 1 fully saturated rings. The van der Waals surface area contributed by atoms with Crippen LogP contribution >= 0.6 is 11.8 Å². The van der Waals surface area contributed by atoms with Crippen LogP contribution in [0.25, 0.3) is 0 Å². The highest BCUT2D eigenvalue weighted by Crippen LogP contribution is 2.13. The largest absolute Gasteiger partial charge is 0.341 e. The van der Waals surface area contributed by atoms with Crippen molar-refractivity contribution in [3.8, 4) is 0 Å². The van der Waals surface area contributed by atoms with Crippen LogP contribution in [-0.4, -0.2) is 47.9 Å². The van der Waals surface area contributed by atoms with Gasteiger partial charge in [-0.1, -0.05) is 18.2 Å². The van der Waals surface area contributed by atoms with Crippen LogP contribution in [0.5, 0.6) is 0 Å². The van der Waals surface area contributed by atoms with E-state index in [9.17, 15) is 9.59 Å². The Hall–Kier alpha value is -1.49. The zero-order valence-electron chi connectivity index (χ0n) is 13.1. The zero-order valence-corrected chi connectivity index (χ0v) is 13.9. The van der Waals surface area contributed by atoms with Gasteiger partial charge in [-0.2, -0.15) is 11.8 Å². The summed E-state index contributed by atoms with van der Waals surface area (Å²) in [5.41, 5.74) is 0.600. The number of nitrogens with zero attached hydrogens (tertiary/aromatic N) is 1. The topological polar surface area (TPSA) is 49.4 Å². The van der Waals surface area contributed by atoms with Gasteiger partial charge in [0.1, 0.15) is 6.04 Å². The second-order valence-electron chi connectivity index (χ2n) is 5.56. The van der Waals surface area contributed by atoms with Gasteiger partial charge < -0.3 is 10.2 Å². The van der Waals surface area contributed by atoms with E-state index in [0.717, 1.165) is 31.7 Å². The molecule has 0 bridgehead atoms. The molecule has 0 radical (unpaired) electrons. The smallest absolute Gasteiger partial charge is 0.251 e. The molecule has 1 aromatic rings. The average Bonchev–Trinajstić information content (AvgIpc) is 2.59. The summed E-state index contributed by atoms with van der Waals surface area (Å²) in [6.45, 7) is 1.63. The molecule has 1 aliphatic rings. The lowest BCUT2D eigenvalue weighted by Gasteiger charge is -2.30. The molecule has 22 heavy (non-hydrogen) atoms. The number of hydrogen-bond donors (Lipinski definition) is 1. The first-order valence-corrected chi connectivity index (χ1v) is 9.25. The third-order valence-corrected chi connectivity index (χ3v) is 4.56. The van der Waals surface area contributed by atoms with E-state index in [2.05, 4.69) is 5.32 Å². The van der Waals surface area contributed by atoms with Crippen LogP contribution in [0.1, 0.15) is 36.0 Å². The van der Waals surface area contributed by atoms with Gasteiger partial charge in [0.25, 0.3) is 5.91 Å². The van der Waals surface area contributed by atoms with Crippen LogP contribution < -0.4 is 5.32 Å². The van der Waals surface area contributed by atoms with Crippen molar-refractivity contribution in [2.24, 2.45) is 0 Å². The van der Waals surface area contributed by atoms with Crippen molar-refractivity contribution >= 4 is 23.6 Å². The number of rotatable bonds is 6. The van der Waals surface area contributed by atoms with Gasteiger partial charge in [-0.3, -0.25) is 9.59 Å². The normalized spacial score (nSPS) is 16.1. The maximum absolute atomic E-state index is 12.7. The first-order valence-electron chi connectivity index (χ1n) is 7.86. The van der Waals surface area contributed by atoms with Crippen molar-refractivity contribution in [3.05, 3.63) is 35.9 Å². The SMILES string of the molecule is CSCCC(NC(=O)c1ccccc1)C(=O)N1CCCCC1. The first-order chi connectivity index (χ1) is 10.7. The summed E-state index contributed by atoms with van der Waals surface area (Å²) in [5, 5.41) is 2.92. The van der Waals surface area contributed by atoms with E-state index in [1.54, 1.807) is 23.9 Å². The Morgan fingerprint density at radius 1 is 1.18 bits per heavy atom. The Kier molecular flexibility index (Phi) is 6.77. The van der Waals surface area contributed by atoms with E-state index < -0.39 is 6.04 Å². The molecular formula is C17H24N2O2S. The Morgan fingerprint density at radius 3 is 2.50 bits per heavy atom. The van der Waals surface area contributed by atoms with E-state index in [0.29, 0.717) is 12.0 Å². The molecule has 2 amide bonds. The average molecular weight is 320 g/mol. The van der Waals surface area contributed by atoms with E-state index in [-0.39, 0.29) is 11.8 Å². The summed E-state index contributed by atoms with van der Waals surface area (Å²) >= 11 is 1.69. The van der Waals surface area contributed by atoms with Crippen LogP contribution in [0, 0.1) is 0 Å². The van der Waals surface area contributed by atoms with Gasteiger partial charge >= 0.3 is 0 Å². The molecule has 120 valence electrons. The molecule has 1 atom stereocenters. The molecule has 1 saturated heterocycles. The Morgan fingerprint density at radius 2 is 1.86 bits per heavy atom. The van der Waals surface area contributed by atoms with E-state index in [4.69, 9.17) is 0 Å². The summed E-state index contributed by atoms with van der Waals surface area (Å²) in [6, 6.07) is 8.66. The number of carbonyl (C=O) groups excluding carboxylic acids is 2. The van der Waals surface area contributed by atoms with Crippen molar-refractivity contribution in [1.29, 1.82) is 0 Å². The highest BCUT2D eigenvalue weighted by molar-refractivity contribution is 7.98. The minimum Gasteiger partial charge on any atom is -0.341 e. The van der Waals surface area contributed by atoms with Gasteiger partial charge in [0.15, 0.2) is 0 Å². The third kappa shape index (κ3) is 4.77. The van der Waals surface area contributed by atoms with Crippen LogP contribution in [0.3, 0.4) is 0 Å². The number of amides is 2. The monoisotopic (exact) mass is 320 g/mol. The lowest BCUT2D eigenvalue weighted by Crippen LogP contribution is -2.50. The minimum absolute atomic E-state index is 0.0676. The molecule has 1 N–H and O–H groups in total. The number of hydrogen-bond acceptors (Lipinski definition) is 3. The predicted octanol–water partition coefficient (Wildman–Crippen LogP) is 2.55. The molecule has 2 rings (SSSR count). The predicted molar refractivity (Wildman–Crippen MR) is 91.1 cm³/mol. The lowest BCUT2D eigenvalue weighted by molar-refractivity contribution is -0.134. The number of benzene rings is 1. The molecule has 1 heterocycles. The Labute approximate surface area is 136 Å². The molecule has 4 nitrogen and oxygen atoms in total. The fraction of sp³-hybridized carbons (Fsp3) is 0.529. The van der Waals surface area contributed by atoms with Crippen molar-refractivity contribution < 1.29 is 9.59 Å². The van der Waals surface area contributed by atoms with Gasteiger partial charge in [-0.15, -0.1) is 0 Å². The fourth-order valence-electron chi connectivity index (χ4n) is 2.66. The van der Waals surface area contributed by atoms with Crippen LogP contribution in [0.2, 0.25) is 0 Å². The minimum atomic E-state index is -0.418. The van der Waals surface area contributed by atoms with Gasteiger partial charge in [0.05, 0.1) is 0 Å². The number of likely N-dealkylation sites (tertiary alicyclic amines) is 1. The Bertz CT molecular complexity index is 487. The number of thioether (sulfide) groups is 1. The molecule has 0 aromatic heterocycles. The number of carbonyl (C=O) groups is 2. The number of nitrogens with one attached hydrogen (secondary N) is 1. The molecule has 0 aliphatic carbocycles. The number of piperidine rings is 1. The lowest BCUT2D eigenvalue weighted by atomic mass is 10.1. The molecule has 0 saturated carbocycles. The second kappa shape index (κ2) is 8.83. The van der Waals surface area contributed by atoms with Crippen molar-refractivity contribution in [1.82, 2.24) is 10.2 Å². The van der Waals surface area contributed by atoms with E-state index >= 15 is 0 Å². The first kappa shape index (κ1) is 16.9. The van der Waals surface area contributed by atoms with Crippen molar-refractivity contribution in [2.45, 2.75) is 31.7 Å². The molecule has 1 aliphatic heterocycles. The maximum atomic E-state index is 12.7. The zero-order chi connectivity index (χ0) is 15.8. The van der Waals surface area contributed by atoms with Gasteiger partial charge in [0.2, 0.25) is 5.91 Å². The summed E-state index contributed by atoms with van der Waals surface area (Å²) in [5.74, 6) is 0.759. The fourth-order valence-corrected chi connectivity index (χ4v) is 3.13. The van der Waals surface area contributed by atoms with Crippen molar-refractivity contribution in [3.63, 3.8) is 0 Å². The van der Waals surface area contributed by atoms with E-state index in [1.165, 1.54) is 6.42 Å². The van der Waals surface area contributed by atoms with Crippen LogP contribution in [0.15, 0.2) is 30.3 Å². The third-order valence-electron chi connectivity index (χ3n) is 3.92. The molecule has 0 spiro atoms. The van der Waals surface area contributed by atoms with Crippen LogP contribution in [0.4, 0.5) is 0 Å². The summed E-state index contributed by atoms with van der Waals surface area (Å²) < 4.78 is 0. The standard InChI is InChI=1S/C17H24N2O2S/c1-22-13-10-15(17(21)19-11-6-3-7-12-19)18-16(20)14-8-4-2-5-9-14/h2,4-5,8-9,15H,3,6-7,10-13H2,1H3,(H,18,20). The highest BCUT2D eigenvalue weighted by atomic mass is 32.2. The summed E-state index contributed by atoms with van der Waals surface area (Å²) in [6.07, 6.45) is 6.01. The molecule has 1 aromatic carbocycles. The second-order valence-corrected chi connectivity index (χ2v) is 6.55. The van der Waals surface area contributed by atoms with Gasteiger partial charge in [-0.25, -0.2) is 0 Å². The Balaban J connectivity index is 2.01. The van der Waals surface area contributed by atoms with Gasteiger partial charge in [0, 0.05) is 18.7 Å². The molecular weight excluding hydrogens is 296 g/mol. The summed E-state index contributed by atoms with van der Waals surface area (Å²) in [7, 11) is 0.